The molecule has 0 saturated heterocycles. The Morgan fingerprint density at radius 1 is 1.07 bits per heavy atom. The second kappa shape index (κ2) is 6.58. The lowest BCUT2D eigenvalue weighted by Gasteiger charge is -2.57. The fraction of sp³-hybridized carbons (Fsp3) is 0.500. The second-order valence-electron chi connectivity index (χ2n) is 8.63. The van der Waals surface area contributed by atoms with Gasteiger partial charge in [0.1, 0.15) is 6.33 Å². The van der Waals surface area contributed by atoms with Gasteiger partial charge < -0.3 is 10.6 Å². The summed E-state index contributed by atoms with van der Waals surface area (Å²) in [7, 11) is 0. The number of benzene rings is 1. The molecule has 0 radical (unpaired) electrons. The van der Waals surface area contributed by atoms with Gasteiger partial charge in [-0.2, -0.15) is 0 Å². The number of hydrogen-bond acceptors (Lipinski definition) is 6. The Bertz CT molecular complexity index is 899. The highest BCUT2D eigenvalue weighted by molar-refractivity contribution is 6.30. The molecule has 0 unspecified atom stereocenters. The van der Waals surface area contributed by atoms with Gasteiger partial charge in [-0.25, -0.2) is 9.97 Å². The number of anilines is 3. The zero-order chi connectivity index (χ0) is 19.3. The third-order valence-electron chi connectivity index (χ3n) is 6.51. The van der Waals surface area contributed by atoms with Crippen LogP contribution < -0.4 is 10.6 Å². The maximum atomic E-state index is 11.9. The number of nitrogens with zero attached hydrogens (tertiary/aromatic N) is 3. The van der Waals surface area contributed by atoms with Crippen molar-refractivity contribution >= 4 is 34.6 Å². The number of nitrogens with one attached hydrogen (secondary N) is 2. The van der Waals surface area contributed by atoms with Crippen LogP contribution in [0.4, 0.5) is 23.0 Å². The van der Waals surface area contributed by atoms with E-state index in [4.69, 9.17) is 11.6 Å². The Kier molecular flexibility index (Phi) is 4.16. The maximum Gasteiger partial charge on any atom is 0.353 e. The largest absolute Gasteiger partial charge is 0.359 e. The van der Waals surface area contributed by atoms with Gasteiger partial charge in [0.05, 0.1) is 4.92 Å². The summed E-state index contributed by atoms with van der Waals surface area (Å²) < 4.78 is 0. The monoisotopic (exact) mass is 399 g/mol. The van der Waals surface area contributed by atoms with Crippen LogP contribution >= 0.6 is 11.6 Å². The molecule has 6 rings (SSSR count). The van der Waals surface area contributed by atoms with Crippen molar-refractivity contribution in [2.75, 3.05) is 10.6 Å². The lowest BCUT2D eigenvalue weighted by molar-refractivity contribution is -0.383. The molecular weight excluding hydrogens is 378 g/mol. The molecule has 1 heterocycles. The molecule has 146 valence electrons. The Balaban J connectivity index is 1.47. The molecule has 1 aromatic heterocycles. The molecule has 4 fully saturated rings. The van der Waals surface area contributed by atoms with Crippen LogP contribution in [0, 0.1) is 27.9 Å². The molecule has 1 aromatic carbocycles. The summed E-state index contributed by atoms with van der Waals surface area (Å²) in [6.45, 7) is 0. The van der Waals surface area contributed by atoms with Crippen molar-refractivity contribution in [2.45, 2.75) is 44.1 Å². The van der Waals surface area contributed by atoms with E-state index in [2.05, 4.69) is 20.6 Å². The molecular formula is C20H22ClN5O2. The Morgan fingerprint density at radius 3 is 2.32 bits per heavy atom. The van der Waals surface area contributed by atoms with Crippen LogP contribution in [0.25, 0.3) is 0 Å². The quantitative estimate of drug-likeness (QED) is 0.532. The highest BCUT2D eigenvalue weighted by Gasteiger charge is 2.51. The molecule has 4 bridgehead atoms. The minimum atomic E-state index is -0.407. The van der Waals surface area contributed by atoms with Crippen molar-refractivity contribution in [3.05, 3.63) is 45.7 Å². The average molecular weight is 400 g/mol. The molecule has 2 aromatic rings. The maximum absolute atomic E-state index is 11.9. The minimum Gasteiger partial charge on any atom is -0.359 e. The summed E-state index contributed by atoms with van der Waals surface area (Å²) in [4.78, 5) is 19.9. The van der Waals surface area contributed by atoms with E-state index in [9.17, 15) is 10.1 Å². The summed E-state index contributed by atoms with van der Waals surface area (Å²) in [6.07, 6.45) is 8.56. The fourth-order valence-electron chi connectivity index (χ4n) is 5.95. The molecule has 28 heavy (non-hydrogen) atoms. The number of halogens is 1. The van der Waals surface area contributed by atoms with Crippen molar-refractivity contribution in [1.82, 2.24) is 9.97 Å². The van der Waals surface area contributed by atoms with E-state index in [1.54, 1.807) is 24.3 Å². The Hall–Kier alpha value is -2.41. The molecule has 0 atom stereocenters. The third kappa shape index (κ3) is 3.17. The van der Waals surface area contributed by atoms with E-state index in [1.165, 1.54) is 25.6 Å². The van der Waals surface area contributed by atoms with E-state index in [-0.39, 0.29) is 17.0 Å². The van der Waals surface area contributed by atoms with E-state index in [0.29, 0.717) is 16.5 Å². The van der Waals surface area contributed by atoms with Gasteiger partial charge in [-0.3, -0.25) is 10.1 Å². The summed E-state index contributed by atoms with van der Waals surface area (Å²) in [6, 6.07) is 7.04. The average Bonchev–Trinajstić information content (AvgIpc) is 2.60. The van der Waals surface area contributed by atoms with Crippen LogP contribution in [-0.4, -0.2) is 20.4 Å². The SMILES string of the molecule is O=[N+]([O-])c1c(Nc2cccc(Cl)c2)ncnc1NC12CC3CC(CC(C3)C1)C2. The number of nitro groups is 1. The molecule has 0 amide bonds. The van der Waals surface area contributed by atoms with E-state index in [0.717, 1.165) is 37.0 Å². The molecule has 8 heteroatoms. The van der Waals surface area contributed by atoms with Crippen molar-refractivity contribution < 1.29 is 4.92 Å². The van der Waals surface area contributed by atoms with E-state index >= 15 is 0 Å². The highest BCUT2D eigenvalue weighted by Crippen LogP contribution is 2.57. The predicted octanol–water partition coefficient (Wildman–Crippen LogP) is 5.16. The van der Waals surface area contributed by atoms with Gasteiger partial charge in [-0.15, -0.1) is 0 Å². The number of hydrogen-bond donors (Lipinski definition) is 2. The van der Waals surface area contributed by atoms with Crippen LogP contribution in [0.15, 0.2) is 30.6 Å². The lowest BCUT2D eigenvalue weighted by atomic mass is 9.53. The summed E-state index contributed by atoms with van der Waals surface area (Å²) >= 11 is 6.03. The van der Waals surface area contributed by atoms with Gasteiger partial charge in [0.2, 0.25) is 11.6 Å². The molecule has 4 aliphatic carbocycles. The topological polar surface area (TPSA) is 93.0 Å². The number of rotatable bonds is 5. The molecule has 0 aliphatic heterocycles. The van der Waals surface area contributed by atoms with Gasteiger partial charge in [0, 0.05) is 16.2 Å². The summed E-state index contributed by atoms with van der Waals surface area (Å²) in [5.41, 5.74) is 0.467. The molecule has 7 nitrogen and oxygen atoms in total. The zero-order valence-corrected chi connectivity index (χ0v) is 16.2. The normalized spacial score (nSPS) is 30.2. The molecule has 2 N–H and O–H groups in total. The third-order valence-corrected chi connectivity index (χ3v) is 6.75. The van der Waals surface area contributed by atoms with Gasteiger partial charge in [-0.05, 0) is 74.5 Å². The first-order valence-electron chi connectivity index (χ1n) is 9.80. The van der Waals surface area contributed by atoms with Crippen LogP contribution in [0.1, 0.15) is 38.5 Å². The molecule has 4 saturated carbocycles. The van der Waals surface area contributed by atoms with Crippen molar-refractivity contribution in [2.24, 2.45) is 17.8 Å². The minimum absolute atomic E-state index is 0.0683. The zero-order valence-electron chi connectivity index (χ0n) is 15.4. The highest BCUT2D eigenvalue weighted by atomic mass is 35.5. The Labute approximate surface area is 168 Å². The van der Waals surface area contributed by atoms with Crippen LogP contribution in [0.5, 0.6) is 0 Å². The van der Waals surface area contributed by atoms with Crippen molar-refractivity contribution in [3.63, 3.8) is 0 Å². The second-order valence-corrected chi connectivity index (χ2v) is 9.07. The molecule has 0 spiro atoms. The number of aromatic nitrogens is 2. The van der Waals surface area contributed by atoms with Gasteiger partial charge >= 0.3 is 5.69 Å². The first-order chi connectivity index (χ1) is 13.5. The molecule has 4 aliphatic rings. The standard InChI is InChI=1S/C20H22ClN5O2/c21-15-2-1-3-16(7-15)24-18-17(26(27)28)19(23-11-22-18)25-20-8-12-4-13(9-20)6-14(5-12)10-20/h1-3,7,11-14H,4-6,8-10H2,(H2,22,23,24,25). The summed E-state index contributed by atoms with van der Waals surface area (Å²) in [5.74, 6) is 2.71. The van der Waals surface area contributed by atoms with E-state index in [1.807, 2.05) is 0 Å². The smallest absolute Gasteiger partial charge is 0.353 e. The first-order valence-corrected chi connectivity index (χ1v) is 10.2. The van der Waals surface area contributed by atoms with Gasteiger partial charge in [-0.1, -0.05) is 17.7 Å². The van der Waals surface area contributed by atoms with Crippen molar-refractivity contribution in [1.29, 1.82) is 0 Å². The van der Waals surface area contributed by atoms with Crippen molar-refractivity contribution in [3.8, 4) is 0 Å². The van der Waals surface area contributed by atoms with Crippen LogP contribution in [0.3, 0.4) is 0 Å². The van der Waals surface area contributed by atoms with Gasteiger partial charge in [0.25, 0.3) is 0 Å². The Morgan fingerprint density at radius 2 is 1.71 bits per heavy atom. The predicted molar refractivity (Wildman–Crippen MR) is 108 cm³/mol. The first kappa shape index (κ1) is 17.7. The fourth-order valence-corrected chi connectivity index (χ4v) is 6.14. The summed E-state index contributed by atoms with van der Waals surface area (Å²) in [5, 5.41) is 19.0. The van der Waals surface area contributed by atoms with E-state index < -0.39 is 4.92 Å². The lowest BCUT2D eigenvalue weighted by Crippen LogP contribution is -2.55. The van der Waals surface area contributed by atoms with Gasteiger partial charge in [0.15, 0.2) is 0 Å². The van der Waals surface area contributed by atoms with Crippen LogP contribution in [0.2, 0.25) is 5.02 Å². The van der Waals surface area contributed by atoms with Crippen LogP contribution in [-0.2, 0) is 0 Å².